The molecule has 4 heteroatoms. The molecular formula is C12H22N2O2. The summed E-state index contributed by atoms with van der Waals surface area (Å²) in [4.78, 5) is 14.1. The molecule has 1 amide bonds. The molecule has 4 nitrogen and oxygen atoms in total. The summed E-state index contributed by atoms with van der Waals surface area (Å²) in [5.74, 6) is 0.248. The summed E-state index contributed by atoms with van der Waals surface area (Å²) in [6, 6.07) is 0.325. The smallest absolute Gasteiger partial charge is 0.239 e. The zero-order chi connectivity index (χ0) is 11.4. The molecule has 92 valence electrons. The summed E-state index contributed by atoms with van der Waals surface area (Å²) in [5, 5.41) is 3.35. The minimum atomic E-state index is 0.0353. The van der Waals surface area contributed by atoms with E-state index in [2.05, 4.69) is 5.32 Å². The molecule has 0 aromatic heterocycles. The van der Waals surface area contributed by atoms with Gasteiger partial charge in [-0.05, 0) is 25.8 Å². The lowest BCUT2D eigenvalue weighted by molar-refractivity contribution is -0.134. The van der Waals surface area contributed by atoms with Crippen molar-refractivity contribution >= 4 is 5.91 Å². The Kier molecular flexibility index (Phi) is 4.18. The standard InChI is InChI=1S/C12H22N2O2/c1-14(10-6-8-16-9-10)12(15)11-5-3-2-4-7-13-11/h10-11,13H,2-9H2,1H3. The monoisotopic (exact) mass is 226 g/mol. The molecular weight excluding hydrogens is 204 g/mol. The summed E-state index contributed by atoms with van der Waals surface area (Å²) in [5.41, 5.74) is 0. The molecule has 0 aliphatic carbocycles. The number of nitrogens with zero attached hydrogens (tertiary/aromatic N) is 1. The molecule has 2 fully saturated rings. The third kappa shape index (κ3) is 2.74. The van der Waals surface area contributed by atoms with Crippen LogP contribution in [0.1, 0.15) is 32.1 Å². The molecule has 2 atom stereocenters. The molecule has 1 N–H and O–H groups in total. The molecule has 2 saturated heterocycles. The van der Waals surface area contributed by atoms with Gasteiger partial charge in [-0.15, -0.1) is 0 Å². The van der Waals surface area contributed by atoms with E-state index in [0.29, 0.717) is 6.61 Å². The highest BCUT2D eigenvalue weighted by molar-refractivity contribution is 5.82. The lowest BCUT2D eigenvalue weighted by Crippen LogP contribution is -2.48. The van der Waals surface area contributed by atoms with Crippen molar-refractivity contribution < 1.29 is 9.53 Å². The first-order valence-electron chi connectivity index (χ1n) is 6.37. The van der Waals surface area contributed by atoms with E-state index in [0.717, 1.165) is 26.0 Å². The number of hydrogen-bond donors (Lipinski definition) is 1. The van der Waals surface area contributed by atoms with Crippen LogP contribution in [0.15, 0.2) is 0 Å². The number of carbonyl (C=O) groups excluding carboxylic acids is 1. The van der Waals surface area contributed by atoms with Crippen molar-refractivity contribution in [2.45, 2.75) is 44.2 Å². The summed E-state index contributed by atoms with van der Waals surface area (Å²) in [7, 11) is 1.91. The fourth-order valence-corrected chi connectivity index (χ4v) is 2.49. The maximum Gasteiger partial charge on any atom is 0.239 e. The fourth-order valence-electron chi connectivity index (χ4n) is 2.49. The Hall–Kier alpha value is -0.610. The average molecular weight is 226 g/mol. The highest BCUT2D eigenvalue weighted by Gasteiger charge is 2.29. The van der Waals surface area contributed by atoms with Gasteiger partial charge >= 0.3 is 0 Å². The van der Waals surface area contributed by atoms with Crippen molar-refractivity contribution in [2.24, 2.45) is 0 Å². The number of amides is 1. The van der Waals surface area contributed by atoms with Crippen molar-refractivity contribution in [3.05, 3.63) is 0 Å². The van der Waals surface area contributed by atoms with Gasteiger partial charge in [0.2, 0.25) is 5.91 Å². The second-order valence-electron chi connectivity index (χ2n) is 4.82. The number of carbonyl (C=O) groups is 1. The van der Waals surface area contributed by atoms with Crippen LogP contribution < -0.4 is 5.32 Å². The van der Waals surface area contributed by atoms with Crippen LogP contribution >= 0.6 is 0 Å². The highest BCUT2D eigenvalue weighted by atomic mass is 16.5. The molecule has 0 spiro atoms. The quantitative estimate of drug-likeness (QED) is 0.756. The third-order valence-corrected chi connectivity index (χ3v) is 3.66. The van der Waals surface area contributed by atoms with Gasteiger partial charge < -0.3 is 15.0 Å². The van der Waals surface area contributed by atoms with Gasteiger partial charge in [-0.2, -0.15) is 0 Å². The average Bonchev–Trinajstić information content (AvgIpc) is 2.70. The van der Waals surface area contributed by atoms with Crippen molar-refractivity contribution in [1.29, 1.82) is 0 Å². The molecule has 0 aromatic carbocycles. The number of rotatable bonds is 2. The Balaban J connectivity index is 1.88. The van der Waals surface area contributed by atoms with Crippen LogP contribution in [0.5, 0.6) is 0 Å². The van der Waals surface area contributed by atoms with Crippen molar-refractivity contribution in [1.82, 2.24) is 10.2 Å². The fraction of sp³-hybridized carbons (Fsp3) is 0.917. The molecule has 16 heavy (non-hydrogen) atoms. The van der Waals surface area contributed by atoms with Crippen molar-refractivity contribution in [3.8, 4) is 0 Å². The first-order chi connectivity index (χ1) is 7.79. The van der Waals surface area contributed by atoms with Crippen LogP contribution in [0.2, 0.25) is 0 Å². The predicted octanol–water partition coefficient (Wildman–Crippen LogP) is 0.766. The molecule has 0 bridgehead atoms. The Bertz CT molecular complexity index is 227. The number of likely N-dealkylation sites (N-methyl/N-ethyl adjacent to an activating group) is 1. The molecule has 0 saturated carbocycles. The van der Waals surface area contributed by atoms with Gasteiger partial charge in [-0.1, -0.05) is 12.8 Å². The molecule has 2 aliphatic rings. The number of nitrogens with one attached hydrogen (secondary N) is 1. The van der Waals surface area contributed by atoms with E-state index in [1.807, 2.05) is 11.9 Å². The van der Waals surface area contributed by atoms with E-state index in [4.69, 9.17) is 4.74 Å². The van der Waals surface area contributed by atoms with Gasteiger partial charge in [0.05, 0.1) is 18.7 Å². The van der Waals surface area contributed by atoms with E-state index in [-0.39, 0.29) is 18.0 Å². The van der Waals surface area contributed by atoms with E-state index >= 15 is 0 Å². The lowest BCUT2D eigenvalue weighted by Gasteiger charge is -2.27. The topological polar surface area (TPSA) is 41.6 Å². The molecule has 2 heterocycles. The van der Waals surface area contributed by atoms with E-state index in [9.17, 15) is 4.79 Å². The van der Waals surface area contributed by atoms with Crippen LogP contribution in [0, 0.1) is 0 Å². The Morgan fingerprint density at radius 1 is 1.31 bits per heavy atom. The molecule has 2 aliphatic heterocycles. The minimum absolute atomic E-state index is 0.0353. The number of hydrogen-bond acceptors (Lipinski definition) is 3. The van der Waals surface area contributed by atoms with Crippen LogP contribution in [0.25, 0.3) is 0 Å². The van der Waals surface area contributed by atoms with Crippen LogP contribution in [-0.2, 0) is 9.53 Å². The summed E-state index contributed by atoms with van der Waals surface area (Å²) < 4.78 is 5.33. The first kappa shape index (κ1) is 11.9. The predicted molar refractivity (Wildman–Crippen MR) is 62.3 cm³/mol. The zero-order valence-corrected chi connectivity index (χ0v) is 10.1. The Labute approximate surface area is 97.3 Å². The maximum atomic E-state index is 12.2. The second kappa shape index (κ2) is 5.64. The van der Waals surface area contributed by atoms with E-state index in [1.54, 1.807) is 0 Å². The largest absolute Gasteiger partial charge is 0.379 e. The summed E-state index contributed by atoms with van der Waals surface area (Å²) >= 11 is 0. The molecule has 0 aromatic rings. The van der Waals surface area contributed by atoms with E-state index in [1.165, 1.54) is 19.3 Å². The second-order valence-corrected chi connectivity index (χ2v) is 4.82. The van der Waals surface area contributed by atoms with Crippen LogP contribution in [-0.4, -0.2) is 49.7 Å². The third-order valence-electron chi connectivity index (χ3n) is 3.66. The van der Waals surface area contributed by atoms with Crippen LogP contribution in [0.4, 0.5) is 0 Å². The maximum absolute atomic E-state index is 12.2. The van der Waals surface area contributed by atoms with Gasteiger partial charge in [-0.3, -0.25) is 4.79 Å². The highest BCUT2D eigenvalue weighted by Crippen LogP contribution is 2.15. The van der Waals surface area contributed by atoms with E-state index < -0.39 is 0 Å². The number of ether oxygens (including phenoxy) is 1. The molecule has 2 unspecified atom stereocenters. The summed E-state index contributed by atoms with van der Waals surface area (Å²) in [6.45, 7) is 2.47. The van der Waals surface area contributed by atoms with Gasteiger partial charge in [0.25, 0.3) is 0 Å². The summed E-state index contributed by atoms with van der Waals surface area (Å²) in [6.07, 6.45) is 5.57. The Morgan fingerprint density at radius 3 is 2.94 bits per heavy atom. The minimum Gasteiger partial charge on any atom is -0.379 e. The van der Waals surface area contributed by atoms with Gasteiger partial charge in [-0.25, -0.2) is 0 Å². The zero-order valence-electron chi connectivity index (χ0n) is 10.1. The lowest BCUT2D eigenvalue weighted by atomic mass is 10.1. The van der Waals surface area contributed by atoms with Gasteiger partial charge in [0.15, 0.2) is 0 Å². The van der Waals surface area contributed by atoms with Gasteiger partial charge in [0, 0.05) is 13.7 Å². The molecule has 0 radical (unpaired) electrons. The van der Waals surface area contributed by atoms with Crippen LogP contribution in [0.3, 0.4) is 0 Å². The first-order valence-corrected chi connectivity index (χ1v) is 6.37. The van der Waals surface area contributed by atoms with Gasteiger partial charge in [0.1, 0.15) is 0 Å². The SMILES string of the molecule is CN(C(=O)C1CCCCCN1)C1CCOC1. The Morgan fingerprint density at radius 2 is 2.19 bits per heavy atom. The molecule has 2 rings (SSSR count). The van der Waals surface area contributed by atoms with Crippen molar-refractivity contribution in [3.63, 3.8) is 0 Å². The normalized spacial score (nSPS) is 31.1. The van der Waals surface area contributed by atoms with Crippen molar-refractivity contribution in [2.75, 3.05) is 26.8 Å².